The number of methoxy groups -OCH3 is 1. The standard InChI is InChI=1S/C56H70O6Si/c1-55(2,3)63(46-13-7-5-8-14-46,47-15-9-6-10-16-47)62-50-33-44(39-19-21-45(59-4)22-20-39)34-56(49-18-12-11-17-48(49)50,53(57)60-51-40-25-35-23-36(27-40)28-41(51)26-35)54(58)61-52-42-29-37-24-38(31-42)32-43(52)30-37/h5-10,13-16,19-22,35-38,40-44,49,51-52H,11-12,17-18,23-34H2,1-4H3/t35?,36?,37?,38?,40?,41?,42?,43?,44-,49-,51?,52?,56?/m1/s1. The Bertz CT molecular complexity index is 2040. The second-order valence-corrected chi connectivity index (χ2v) is 27.2. The number of carbonyl (C=O) groups excluding carboxylic acids is 2. The quantitative estimate of drug-likeness (QED) is 0.115. The molecule has 0 aliphatic heterocycles. The van der Waals surface area contributed by atoms with Crippen LogP contribution in [0, 0.1) is 58.7 Å². The summed E-state index contributed by atoms with van der Waals surface area (Å²) < 4.78 is 28.1. The average molecular weight is 867 g/mol. The summed E-state index contributed by atoms with van der Waals surface area (Å²) in [6, 6.07) is 30.2. The Morgan fingerprint density at radius 1 is 0.619 bits per heavy atom. The molecule has 0 amide bonds. The molecule has 13 rings (SSSR count). The summed E-state index contributed by atoms with van der Waals surface area (Å²) in [6.45, 7) is 7.03. The van der Waals surface area contributed by atoms with Gasteiger partial charge in [0.1, 0.15) is 18.0 Å². The maximum atomic E-state index is 16.2. The first-order valence-corrected chi connectivity index (χ1v) is 27.0. The fraction of sp³-hybridized carbons (Fsp3) is 0.607. The normalized spacial score (nSPS) is 36.6. The number of esters is 2. The van der Waals surface area contributed by atoms with Crippen LogP contribution in [0.5, 0.6) is 5.75 Å². The molecular weight excluding hydrogens is 797 g/mol. The maximum Gasteiger partial charge on any atom is 0.324 e. The van der Waals surface area contributed by atoms with E-state index in [-0.39, 0.29) is 41.0 Å². The zero-order chi connectivity index (χ0) is 43.1. The first kappa shape index (κ1) is 41.8. The van der Waals surface area contributed by atoms with Crippen molar-refractivity contribution in [1.82, 2.24) is 0 Å². The van der Waals surface area contributed by atoms with Crippen LogP contribution in [0.15, 0.2) is 96.3 Å². The molecule has 0 unspecified atom stereocenters. The highest BCUT2D eigenvalue weighted by molar-refractivity contribution is 6.99. The molecule has 7 heteroatoms. The third-order valence-electron chi connectivity index (χ3n) is 18.3. The molecule has 3 aromatic carbocycles. The molecule has 0 saturated heterocycles. The van der Waals surface area contributed by atoms with E-state index in [1.807, 2.05) is 12.1 Å². The minimum atomic E-state index is -3.10. The second-order valence-electron chi connectivity index (χ2n) is 23.0. The highest BCUT2D eigenvalue weighted by Crippen LogP contribution is 2.60. The van der Waals surface area contributed by atoms with E-state index in [0.29, 0.717) is 36.5 Å². The highest BCUT2D eigenvalue weighted by atomic mass is 28.4. The van der Waals surface area contributed by atoms with Crippen LogP contribution in [0.25, 0.3) is 0 Å². The Balaban J connectivity index is 1.08. The molecule has 9 saturated carbocycles. The van der Waals surface area contributed by atoms with Gasteiger partial charge >= 0.3 is 20.3 Å². The third kappa shape index (κ3) is 7.15. The second kappa shape index (κ2) is 16.2. The minimum absolute atomic E-state index is 0.123. The van der Waals surface area contributed by atoms with Crippen molar-refractivity contribution < 1.29 is 28.2 Å². The van der Waals surface area contributed by atoms with Crippen molar-refractivity contribution in [2.75, 3.05) is 7.11 Å². The fourth-order valence-electron chi connectivity index (χ4n) is 16.0. The van der Waals surface area contributed by atoms with Crippen LogP contribution in [0.2, 0.25) is 5.04 Å². The number of carbonyl (C=O) groups is 2. The van der Waals surface area contributed by atoms with E-state index in [9.17, 15) is 0 Å². The molecule has 0 heterocycles. The van der Waals surface area contributed by atoms with Crippen molar-refractivity contribution in [1.29, 1.82) is 0 Å². The van der Waals surface area contributed by atoms with Gasteiger partial charge in [-0.05, 0) is 182 Å². The van der Waals surface area contributed by atoms with Crippen LogP contribution >= 0.6 is 0 Å². The number of rotatable bonds is 10. The lowest BCUT2D eigenvalue weighted by atomic mass is 9.55. The van der Waals surface area contributed by atoms with Crippen LogP contribution in [0.1, 0.15) is 135 Å². The van der Waals surface area contributed by atoms with Gasteiger partial charge in [0.15, 0.2) is 5.41 Å². The zero-order valence-corrected chi connectivity index (χ0v) is 39.3. The summed E-state index contributed by atoms with van der Waals surface area (Å²) in [4.78, 5) is 32.4. The van der Waals surface area contributed by atoms with Gasteiger partial charge in [-0.15, -0.1) is 0 Å². The number of hydrogen-bond acceptors (Lipinski definition) is 6. The zero-order valence-electron chi connectivity index (χ0n) is 38.3. The summed E-state index contributed by atoms with van der Waals surface area (Å²) >= 11 is 0. The molecule has 334 valence electrons. The predicted molar refractivity (Wildman–Crippen MR) is 249 cm³/mol. The van der Waals surface area contributed by atoms with Crippen molar-refractivity contribution in [2.45, 2.75) is 147 Å². The Hall–Kier alpha value is -3.84. The number of allylic oxidation sites excluding steroid dienone is 2. The molecule has 10 aliphatic carbocycles. The Kier molecular flexibility index (Phi) is 10.8. The van der Waals surface area contributed by atoms with Gasteiger partial charge in [0.2, 0.25) is 0 Å². The Morgan fingerprint density at radius 2 is 1.10 bits per heavy atom. The van der Waals surface area contributed by atoms with E-state index in [4.69, 9.17) is 18.6 Å². The number of hydrogen-bond donors (Lipinski definition) is 0. The van der Waals surface area contributed by atoms with Crippen molar-refractivity contribution in [2.24, 2.45) is 58.7 Å². The number of ether oxygens (including phenoxy) is 3. The minimum Gasteiger partial charge on any atom is -0.537 e. The van der Waals surface area contributed by atoms with Gasteiger partial charge in [-0.3, -0.25) is 9.59 Å². The van der Waals surface area contributed by atoms with E-state index in [1.54, 1.807) is 7.11 Å². The molecule has 8 bridgehead atoms. The van der Waals surface area contributed by atoms with E-state index < -0.39 is 13.7 Å². The molecular formula is C56H70O6Si. The van der Waals surface area contributed by atoms with Gasteiger partial charge in [0.25, 0.3) is 0 Å². The summed E-state index contributed by atoms with van der Waals surface area (Å²) in [5, 5.41) is 2.19. The number of benzene rings is 3. The summed E-state index contributed by atoms with van der Waals surface area (Å²) in [5.41, 5.74) is 0.766. The van der Waals surface area contributed by atoms with Gasteiger partial charge in [0.05, 0.1) is 12.9 Å². The van der Waals surface area contributed by atoms with Crippen molar-refractivity contribution in [3.63, 3.8) is 0 Å². The van der Waals surface area contributed by atoms with Gasteiger partial charge in [0, 0.05) is 12.3 Å². The molecule has 0 aromatic heterocycles. The van der Waals surface area contributed by atoms with Gasteiger partial charge in [-0.1, -0.05) is 100.0 Å². The van der Waals surface area contributed by atoms with Crippen LogP contribution in [0.3, 0.4) is 0 Å². The van der Waals surface area contributed by atoms with E-state index >= 15 is 9.59 Å². The molecule has 3 aromatic rings. The predicted octanol–water partition coefficient (Wildman–Crippen LogP) is 11.3. The van der Waals surface area contributed by atoms with E-state index in [2.05, 4.69) is 93.6 Å². The largest absolute Gasteiger partial charge is 0.537 e. The summed E-state index contributed by atoms with van der Waals surface area (Å²) in [7, 11) is -1.39. The molecule has 0 spiro atoms. The fourth-order valence-corrected chi connectivity index (χ4v) is 20.5. The topological polar surface area (TPSA) is 71.1 Å². The monoisotopic (exact) mass is 866 g/mol. The van der Waals surface area contributed by atoms with Crippen LogP contribution < -0.4 is 15.1 Å². The van der Waals surface area contributed by atoms with Gasteiger partial charge in [-0.2, -0.15) is 0 Å². The average Bonchev–Trinajstić information content (AvgIpc) is 3.43. The molecule has 10 aliphatic rings. The van der Waals surface area contributed by atoms with E-state index in [1.165, 1.54) is 23.2 Å². The number of fused-ring (bicyclic) bond motifs is 1. The molecule has 9 fully saturated rings. The molecule has 63 heavy (non-hydrogen) atoms. The maximum absolute atomic E-state index is 16.2. The van der Waals surface area contributed by atoms with Crippen LogP contribution in [-0.2, 0) is 23.5 Å². The van der Waals surface area contributed by atoms with Crippen molar-refractivity contribution >= 4 is 30.6 Å². The van der Waals surface area contributed by atoms with Crippen LogP contribution in [-0.4, -0.2) is 39.6 Å². The van der Waals surface area contributed by atoms with Crippen molar-refractivity contribution in [3.05, 3.63) is 102 Å². The lowest BCUT2D eigenvalue weighted by molar-refractivity contribution is -0.203. The van der Waals surface area contributed by atoms with E-state index in [0.717, 1.165) is 123 Å². The Morgan fingerprint density at radius 3 is 1.54 bits per heavy atom. The molecule has 2 atom stereocenters. The first-order valence-electron chi connectivity index (χ1n) is 25.1. The lowest BCUT2D eigenvalue weighted by Crippen LogP contribution is -2.66. The lowest BCUT2D eigenvalue weighted by Gasteiger charge is -2.55. The van der Waals surface area contributed by atoms with Gasteiger partial charge < -0.3 is 18.6 Å². The smallest absolute Gasteiger partial charge is 0.324 e. The third-order valence-corrected chi connectivity index (χ3v) is 23.3. The molecule has 6 nitrogen and oxygen atoms in total. The Labute approximate surface area is 377 Å². The molecule has 0 N–H and O–H groups in total. The highest BCUT2D eigenvalue weighted by Gasteiger charge is 2.63. The summed E-state index contributed by atoms with van der Waals surface area (Å²) in [5.74, 6) is 5.19. The summed E-state index contributed by atoms with van der Waals surface area (Å²) in [6.07, 6.45) is 16.0. The SMILES string of the molecule is COc1ccc([C@@H]2CC(O[Si](c3ccccc3)(c3ccccc3)C(C)(C)C)=C3CCCC[C@H]3C(C(=O)OC3C4CC5CC(C4)CC3C5)(C(=O)OC3C4CC5CC(C4)CC3C5)C2)cc1. The first-order chi connectivity index (χ1) is 30.5. The van der Waals surface area contributed by atoms with Gasteiger partial charge in [-0.25, -0.2) is 0 Å². The van der Waals surface area contributed by atoms with Crippen molar-refractivity contribution in [3.8, 4) is 5.75 Å². The van der Waals surface area contributed by atoms with Crippen LogP contribution in [0.4, 0.5) is 0 Å². The molecule has 0 radical (unpaired) electrons.